The third-order valence-corrected chi connectivity index (χ3v) is 10.2. The highest BCUT2D eigenvalue weighted by Gasteiger charge is 2.49. The maximum absolute atomic E-state index is 17.0. The number of alkyl halides is 1. The maximum atomic E-state index is 17.0. The highest BCUT2D eigenvalue weighted by molar-refractivity contribution is 6.04. The SMILES string of the molecule is C#Cc1c(F)ccc2cc(O)cc(-c3nc4c5c(nc(OC[C@@]67CCCN6C[C@H](F)C7)nc5c3F)N3CCC[C@H](C#N)C[C@H]3CO4)c12. The van der Waals surface area contributed by atoms with Crippen molar-refractivity contribution in [3.05, 3.63) is 41.5 Å². The third-order valence-electron chi connectivity index (χ3n) is 10.2. The van der Waals surface area contributed by atoms with E-state index in [0.717, 1.165) is 19.4 Å². The summed E-state index contributed by atoms with van der Waals surface area (Å²) in [5, 5.41) is 21.2. The van der Waals surface area contributed by atoms with Gasteiger partial charge in [0.25, 0.3) is 0 Å². The molecule has 0 amide bonds. The lowest BCUT2D eigenvalue weighted by Crippen LogP contribution is -2.43. The number of terminal acetylenes is 1. The molecule has 12 heteroatoms. The Morgan fingerprint density at radius 3 is 2.85 bits per heavy atom. The standard InChI is InChI=1S/C35H31F3N6O3/c1-2-24-26(37)7-6-20-12-23(45)13-25(27(20)24)30-29(38)31-28-32(44-10-3-5-19(15-39)11-22(44)17-46-33(28)40-30)42-34(41-31)47-18-35-8-4-9-43(35)16-21(36)14-35/h1,6-7,12-13,19,21-22,45H,3-5,8-11,14,16-18H2/t19-,21+,22-,35-/m0/s1. The number of phenolic OH excluding ortho intramolecular Hbond substituents is 1. The Balaban J connectivity index is 1.33. The summed E-state index contributed by atoms with van der Waals surface area (Å²) in [6, 6.07) is 7.40. The summed E-state index contributed by atoms with van der Waals surface area (Å²) < 4.78 is 59.0. The molecule has 6 heterocycles. The van der Waals surface area contributed by atoms with E-state index in [9.17, 15) is 19.1 Å². The van der Waals surface area contributed by atoms with Crippen molar-refractivity contribution in [1.29, 1.82) is 5.26 Å². The lowest BCUT2D eigenvalue weighted by molar-refractivity contribution is 0.107. The lowest BCUT2D eigenvalue weighted by Gasteiger charge is -2.31. The van der Waals surface area contributed by atoms with E-state index >= 15 is 4.39 Å². The second kappa shape index (κ2) is 11.2. The molecule has 0 bridgehead atoms. The van der Waals surface area contributed by atoms with Gasteiger partial charge in [0.15, 0.2) is 5.82 Å². The summed E-state index contributed by atoms with van der Waals surface area (Å²) in [5.74, 6) is 0.886. The first-order valence-electron chi connectivity index (χ1n) is 15.9. The van der Waals surface area contributed by atoms with Crippen LogP contribution in [0, 0.1) is 41.2 Å². The number of aromatic hydroxyl groups is 1. The average Bonchev–Trinajstić information content (AvgIpc) is 3.44. The molecule has 2 aromatic heterocycles. The number of anilines is 1. The van der Waals surface area contributed by atoms with Gasteiger partial charge in [-0.1, -0.05) is 12.0 Å². The third kappa shape index (κ3) is 4.77. The molecule has 4 aliphatic rings. The van der Waals surface area contributed by atoms with Gasteiger partial charge < -0.3 is 19.5 Å². The highest BCUT2D eigenvalue weighted by Crippen LogP contribution is 2.45. The number of fused-ring (bicyclic) bond motifs is 4. The van der Waals surface area contributed by atoms with Crippen molar-refractivity contribution in [1.82, 2.24) is 19.9 Å². The van der Waals surface area contributed by atoms with Crippen molar-refractivity contribution in [3.8, 4) is 47.3 Å². The number of phenols is 1. The van der Waals surface area contributed by atoms with E-state index in [0.29, 0.717) is 50.0 Å². The fraction of sp³-hybridized carbons (Fsp3) is 0.429. The number of nitriles is 1. The number of halogens is 3. The molecule has 3 fully saturated rings. The van der Waals surface area contributed by atoms with Crippen LogP contribution in [-0.2, 0) is 0 Å². The molecule has 0 radical (unpaired) electrons. The number of ether oxygens (including phenoxy) is 2. The number of rotatable bonds is 4. The molecular formula is C35H31F3N6O3. The Kier molecular flexibility index (Phi) is 7.03. The van der Waals surface area contributed by atoms with Gasteiger partial charge in [-0.2, -0.15) is 15.2 Å². The molecule has 4 atom stereocenters. The summed E-state index contributed by atoms with van der Waals surface area (Å²) in [7, 11) is 0. The summed E-state index contributed by atoms with van der Waals surface area (Å²) in [4.78, 5) is 18.1. The molecule has 0 spiro atoms. The number of hydrogen-bond acceptors (Lipinski definition) is 9. The van der Waals surface area contributed by atoms with Crippen LogP contribution in [0.3, 0.4) is 0 Å². The van der Waals surface area contributed by atoms with E-state index in [2.05, 4.69) is 26.9 Å². The number of hydrogen-bond donors (Lipinski definition) is 1. The Morgan fingerprint density at radius 2 is 2.02 bits per heavy atom. The fourth-order valence-electron chi connectivity index (χ4n) is 8.05. The first-order chi connectivity index (χ1) is 22.8. The average molecular weight is 641 g/mol. The summed E-state index contributed by atoms with van der Waals surface area (Å²) in [6.45, 7) is 1.97. The van der Waals surface area contributed by atoms with Gasteiger partial charge in [0.05, 0.1) is 23.2 Å². The summed E-state index contributed by atoms with van der Waals surface area (Å²) in [6.07, 6.45) is 8.74. The molecule has 240 valence electrons. The Labute approximate surface area is 268 Å². The minimum Gasteiger partial charge on any atom is -0.508 e. The topological polar surface area (TPSA) is 108 Å². The van der Waals surface area contributed by atoms with Crippen LogP contribution in [0.4, 0.5) is 19.0 Å². The molecule has 0 saturated carbocycles. The van der Waals surface area contributed by atoms with Gasteiger partial charge >= 0.3 is 6.01 Å². The van der Waals surface area contributed by atoms with Crippen molar-refractivity contribution in [2.24, 2.45) is 5.92 Å². The fourth-order valence-corrected chi connectivity index (χ4v) is 8.05. The molecule has 2 aromatic carbocycles. The first kappa shape index (κ1) is 29.6. The van der Waals surface area contributed by atoms with E-state index in [-0.39, 0.29) is 75.9 Å². The zero-order valence-corrected chi connectivity index (χ0v) is 25.5. The lowest BCUT2D eigenvalue weighted by atomic mass is 9.95. The molecule has 0 aliphatic carbocycles. The first-order valence-corrected chi connectivity index (χ1v) is 15.9. The molecule has 4 aliphatic heterocycles. The van der Waals surface area contributed by atoms with Crippen LogP contribution in [-0.4, -0.2) is 75.6 Å². The zero-order chi connectivity index (χ0) is 32.4. The summed E-state index contributed by atoms with van der Waals surface area (Å²) in [5.41, 5.74) is -0.883. The molecule has 8 rings (SSSR count). The van der Waals surface area contributed by atoms with Crippen LogP contribution in [0.2, 0.25) is 0 Å². The van der Waals surface area contributed by atoms with Gasteiger partial charge in [-0.3, -0.25) is 4.90 Å². The minimum atomic E-state index is -0.951. The van der Waals surface area contributed by atoms with E-state index in [1.807, 2.05) is 4.90 Å². The Hall–Kier alpha value is -4.81. The van der Waals surface area contributed by atoms with E-state index in [1.54, 1.807) is 0 Å². The molecule has 1 N–H and O–H groups in total. The molecule has 3 saturated heterocycles. The smallest absolute Gasteiger partial charge is 0.319 e. The van der Waals surface area contributed by atoms with Crippen molar-refractivity contribution in [3.63, 3.8) is 0 Å². The predicted molar refractivity (Wildman–Crippen MR) is 168 cm³/mol. The molecular weight excluding hydrogens is 609 g/mol. The molecule has 0 unspecified atom stereocenters. The van der Waals surface area contributed by atoms with Crippen LogP contribution < -0.4 is 14.4 Å². The molecule has 47 heavy (non-hydrogen) atoms. The normalized spacial score (nSPS) is 25.4. The molecule has 9 nitrogen and oxygen atoms in total. The van der Waals surface area contributed by atoms with Crippen LogP contribution >= 0.6 is 0 Å². The number of nitrogens with zero attached hydrogens (tertiary/aromatic N) is 6. The second-order valence-corrected chi connectivity index (χ2v) is 13.0. The van der Waals surface area contributed by atoms with Gasteiger partial charge in [-0.25, -0.2) is 18.2 Å². The number of pyridine rings is 1. The van der Waals surface area contributed by atoms with Crippen LogP contribution in [0.25, 0.3) is 32.9 Å². The maximum Gasteiger partial charge on any atom is 0.319 e. The van der Waals surface area contributed by atoms with E-state index in [1.165, 1.54) is 24.3 Å². The predicted octanol–water partition coefficient (Wildman–Crippen LogP) is 5.66. The van der Waals surface area contributed by atoms with E-state index < -0.39 is 23.3 Å². The zero-order valence-electron chi connectivity index (χ0n) is 25.5. The van der Waals surface area contributed by atoms with Crippen molar-refractivity contribution in [2.45, 2.75) is 56.3 Å². The Morgan fingerprint density at radius 1 is 1.15 bits per heavy atom. The number of aromatic nitrogens is 3. The van der Waals surface area contributed by atoms with Gasteiger partial charge in [-0.15, -0.1) is 6.42 Å². The number of benzene rings is 2. The van der Waals surface area contributed by atoms with Crippen LogP contribution in [0.5, 0.6) is 17.6 Å². The summed E-state index contributed by atoms with van der Waals surface area (Å²) >= 11 is 0. The van der Waals surface area contributed by atoms with E-state index in [4.69, 9.17) is 20.9 Å². The Bertz CT molecular complexity index is 2030. The quantitative estimate of drug-likeness (QED) is 0.283. The molecule has 4 aromatic rings. The second-order valence-electron chi connectivity index (χ2n) is 13.0. The van der Waals surface area contributed by atoms with Gasteiger partial charge in [0.2, 0.25) is 5.88 Å². The largest absolute Gasteiger partial charge is 0.508 e. The highest BCUT2D eigenvalue weighted by atomic mass is 19.1. The van der Waals surface area contributed by atoms with Gasteiger partial charge in [-0.05, 0) is 62.2 Å². The van der Waals surface area contributed by atoms with Crippen molar-refractivity contribution < 1.29 is 27.8 Å². The van der Waals surface area contributed by atoms with Crippen LogP contribution in [0.1, 0.15) is 44.1 Å². The monoisotopic (exact) mass is 640 g/mol. The van der Waals surface area contributed by atoms with Crippen molar-refractivity contribution >= 4 is 27.5 Å². The minimum absolute atomic E-state index is 0.0614. The van der Waals surface area contributed by atoms with Gasteiger partial charge in [0, 0.05) is 36.4 Å². The van der Waals surface area contributed by atoms with Gasteiger partial charge in [0.1, 0.15) is 53.4 Å². The van der Waals surface area contributed by atoms with Crippen LogP contribution in [0.15, 0.2) is 24.3 Å². The van der Waals surface area contributed by atoms with Crippen molar-refractivity contribution in [2.75, 3.05) is 37.7 Å².